The molecule has 29 heavy (non-hydrogen) atoms. The van der Waals surface area contributed by atoms with Gasteiger partial charge >= 0.3 is 5.97 Å². The molecule has 8 heteroatoms. The van der Waals surface area contributed by atoms with Crippen LogP contribution < -0.4 is 0 Å². The van der Waals surface area contributed by atoms with Gasteiger partial charge in [-0.25, -0.2) is 4.79 Å². The van der Waals surface area contributed by atoms with Crippen molar-refractivity contribution in [1.82, 2.24) is 20.0 Å². The van der Waals surface area contributed by atoms with E-state index in [0.717, 1.165) is 18.5 Å². The SMILES string of the molecule is CC(OC(=O)c1ccc(CN2CCCC2=O)cc1)c1nc(-c2cccnc2)no1. The number of amides is 1. The fourth-order valence-electron chi connectivity index (χ4n) is 3.13. The van der Waals surface area contributed by atoms with Crippen molar-refractivity contribution in [3.8, 4) is 11.4 Å². The zero-order chi connectivity index (χ0) is 20.2. The van der Waals surface area contributed by atoms with Gasteiger partial charge < -0.3 is 14.2 Å². The van der Waals surface area contributed by atoms with E-state index >= 15 is 0 Å². The van der Waals surface area contributed by atoms with E-state index in [1.54, 1.807) is 37.5 Å². The number of carbonyl (C=O) groups excluding carboxylic acids is 2. The molecule has 1 aliphatic rings. The molecule has 3 aromatic rings. The minimum absolute atomic E-state index is 0.174. The fraction of sp³-hybridized carbons (Fsp3) is 0.286. The summed E-state index contributed by atoms with van der Waals surface area (Å²) in [5.41, 5.74) is 2.11. The molecule has 148 valence electrons. The van der Waals surface area contributed by atoms with Crippen LogP contribution in [-0.2, 0) is 16.1 Å². The van der Waals surface area contributed by atoms with Gasteiger partial charge in [-0.05, 0) is 43.2 Å². The summed E-state index contributed by atoms with van der Waals surface area (Å²) >= 11 is 0. The molecular formula is C21H20N4O4. The average molecular weight is 392 g/mol. The third kappa shape index (κ3) is 4.31. The van der Waals surface area contributed by atoms with Crippen LogP contribution in [0.5, 0.6) is 0 Å². The summed E-state index contributed by atoms with van der Waals surface area (Å²) < 4.78 is 10.7. The summed E-state index contributed by atoms with van der Waals surface area (Å²) in [6, 6.07) is 10.6. The van der Waals surface area contributed by atoms with Crippen LogP contribution in [-0.4, -0.2) is 38.4 Å². The van der Waals surface area contributed by atoms with Crippen molar-refractivity contribution < 1.29 is 18.8 Å². The summed E-state index contributed by atoms with van der Waals surface area (Å²) in [5, 5.41) is 3.90. The van der Waals surface area contributed by atoms with Crippen LogP contribution in [0.15, 0.2) is 53.3 Å². The van der Waals surface area contributed by atoms with Crippen LogP contribution in [0.25, 0.3) is 11.4 Å². The largest absolute Gasteiger partial charge is 0.449 e. The van der Waals surface area contributed by atoms with Crippen molar-refractivity contribution in [2.24, 2.45) is 0 Å². The highest BCUT2D eigenvalue weighted by molar-refractivity contribution is 5.89. The normalized spacial score (nSPS) is 14.8. The second-order valence-corrected chi connectivity index (χ2v) is 6.86. The minimum atomic E-state index is -0.692. The van der Waals surface area contributed by atoms with Gasteiger partial charge in [-0.3, -0.25) is 9.78 Å². The zero-order valence-electron chi connectivity index (χ0n) is 15.9. The predicted molar refractivity (Wildman–Crippen MR) is 102 cm³/mol. The molecule has 1 aliphatic heterocycles. The Labute approximate surface area is 167 Å². The number of hydrogen-bond donors (Lipinski definition) is 0. The zero-order valence-corrected chi connectivity index (χ0v) is 15.9. The lowest BCUT2D eigenvalue weighted by Gasteiger charge is -2.15. The lowest BCUT2D eigenvalue weighted by Crippen LogP contribution is -2.23. The summed E-state index contributed by atoms with van der Waals surface area (Å²) in [7, 11) is 0. The van der Waals surface area contributed by atoms with Crippen molar-refractivity contribution in [1.29, 1.82) is 0 Å². The molecule has 4 rings (SSSR count). The molecule has 0 spiro atoms. The number of carbonyl (C=O) groups is 2. The van der Waals surface area contributed by atoms with Crippen molar-refractivity contribution >= 4 is 11.9 Å². The maximum atomic E-state index is 12.4. The number of likely N-dealkylation sites (tertiary alicyclic amines) is 1. The van der Waals surface area contributed by atoms with Crippen molar-refractivity contribution in [3.05, 3.63) is 65.8 Å². The highest BCUT2D eigenvalue weighted by Crippen LogP contribution is 2.21. The van der Waals surface area contributed by atoms with Crippen LogP contribution >= 0.6 is 0 Å². The molecule has 0 radical (unpaired) electrons. The summed E-state index contributed by atoms with van der Waals surface area (Å²) in [6.45, 7) is 3.01. The Morgan fingerprint density at radius 2 is 2.10 bits per heavy atom. The van der Waals surface area contributed by atoms with E-state index in [4.69, 9.17) is 9.26 Å². The average Bonchev–Trinajstić information content (AvgIpc) is 3.39. The topological polar surface area (TPSA) is 98.4 Å². The van der Waals surface area contributed by atoms with E-state index in [-0.39, 0.29) is 11.8 Å². The van der Waals surface area contributed by atoms with Gasteiger partial charge in [0.05, 0.1) is 5.56 Å². The molecule has 1 amide bonds. The number of rotatable bonds is 6. The third-order valence-corrected chi connectivity index (χ3v) is 4.73. The van der Waals surface area contributed by atoms with Crippen molar-refractivity contribution in [3.63, 3.8) is 0 Å². The van der Waals surface area contributed by atoms with Gasteiger partial charge in [0.15, 0.2) is 6.10 Å². The van der Waals surface area contributed by atoms with Gasteiger partial charge in [-0.1, -0.05) is 17.3 Å². The standard InChI is InChI=1S/C21H20N4O4/c1-14(20-23-19(24-29-20)17-4-2-10-22-12-17)28-21(27)16-8-6-15(7-9-16)13-25-11-3-5-18(25)26/h2,4,6-10,12,14H,3,5,11,13H2,1H3. The summed E-state index contributed by atoms with van der Waals surface area (Å²) in [6.07, 6.45) is 4.10. The molecule has 8 nitrogen and oxygen atoms in total. The number of pyridine rings is 1. The van der Waals surface area contributed by atoms with Gasteiger partial charge in [0.25, 0.3) is 5.89 Å². The maximum absolute atomic E-state index is 12.4. The van der Waals surface area contributed by atoms with Gasteiger partial charge in [-0.15, -0.1) is 0 Å². The van der Waals surface area contributed by atoms with Crippen LogP contribution in [0.1, 0.15) is 47.7 Å². The Morgan fingerprint density at radius 3 is 2.79 bits per heavy atom. The highest BCUT2D eigenvalue weighted by atomic mass is 16.6. The van der Waals surface area contributed by atoms with Crippen LogP contribution in [0.4, 0.5) is 0 Å². The summed E-state index contributed by atoms with van der Waals surface area (Å²) in [5.74, 6) is 0.285. The van der Waals surface area contributed by atoms with Gasteiger partial charge in [0.2, 0.25) is 11.7 Å². The number of benzene rings is 1. The van der Waals surface area contributed by atoms with Crippen LogP contribution in [0.3, 0.4) is 0 Å². The van der Waals surface area contributed by atoms with Gasteiger partial charge in [0.1, 0.15) is 0 Å². The number of nitrogens with zero attached hydrogens (tertiary/aromatic N) is 4. The molecule has 2 aromatic heterocycles. The Morgan fingerprint density at radius 1 is 1.28 bits per heavy atom. The lowest BCUT2D eigenvalue weighted by molar-refractivity contribution is -0.128. The molecule has 0 saturated carbocycles. The Hall–Kier alpha value is -3.55. The second-order valence-electron chi connectivity index (χ2n) is 6.86. The Bertz CT molecular complexity index is 1000. The number of hydrogen-bond acceptors (Lipinski definition) is 7. The van der Waals surface area contributed by atoms with E-state index in [2.05, 4.69) is 15.1 Å². The number of aromatic nitrogens is 3. The molecule has 3 heterocycles. The molecular weight excluding hydrogens is 372 g/mol. The molecule has 0 N–H and O–H groups in total. The predicted octanol–water partition coefficient (Wildman–Crippen LogP) is 3.17. The smallest absolute Gasteiger partial charge is 0.338 e. The first-order valence-corrected chi connectivity index (χ1v) is 9.42. The van der Waals surface area contributed by atoms with Crippen LogP contribution in [0.2, 0.25) is 0 Å². The van der Waals surface area contributed by atoms with E-state index in [1.807, 2.05) is 23.1 Å². The molecule has 1 saturated heterocycles. The fourth-order valence-corrected chi connectivity index (χ4v) is 3.13. The molecule has 0 aliphatic carbocycles. The second kappa shape index (κ2) is 8.22. The quantitative estimate of drug-likeness (QED) is 0.594. The molecule has 1 fully saturated rings. The van der Waals surface area contributed by atoms with Crippen molar-refractivity contribution in [2.45, 2.75) is 32.4 Å². The van der Waals surface area contributed by atoms with E-state index in [1.165, 1.54) is 0 Å². The van der Waals surface area contributed by atoms with E-state index < -0.39 is 12.1 Å². The lowest BCUT2D eigenvalue weighted by atomic mass is 10.1. The molecule has 1 unspecified atom stereocenters. The number of esters is 1. The first kappa shape index (κ1) is 18.8. The first-order valence-electron chi connectivity index (χ1n) is 9.42. The highest BCUT2D eigenvalue weighted by Gasteiger charge is 2.22. The molecule has 0 bridgehead atoms. The summed E-state index contributed by atoms with van der Waals surface area (Å²) in [4.78, 5) is 34.3. The van der Waals surface area contributed by atoms with E-state index in [9.17, 15) is 9.59 Å². The molecule has 1 aromatic carbocycles. The van der Waals surface area contributed by atoms with E-state index in [0.29, 0.717) is 29.9 Å². The van der Waals surface area contributed by atoms with Gasteiger partial charge in [-0.2, -0.15) is 4.98 Å². The first-order chi connectivity index (χ1) is 14.1. The molecule has 1 atom stereocenters. The maximum Gasteiger partial charge on any atom is 0.338 e. The number of ether oxygens (including phenoxy) is 1. The van der Waals surface area contributed by atoms with Crippen LogP contribution in [0, 0.1) is 0 Å². The Balaban J connectivity index is 1.37. The monoisotopic (exact) mass is 392 g/mol. The third-order valence-electron chi connectivity index (χ3n) is 4.73. The van der Waals surface area contributed by atoms with Crippen molar-refractivity contribution in [2.75, 3.05) is 6.54 Å². The Kier molecular flexibility index (Phi) is 5.33. The van der Waals surface area contributed by atoms with Gasteiger partial charge in [0, 0.05) is 37.5 Å². The minimum Gasteiger partial charge on any atom is -0.449 e.